The lowest BCUT2D eigenvalue weighted by atomic mass is 10.4. The molecule has 0 atom stereocenters. The number of nitrogens with two attached hydrogens (primary N) is 1. The number of rotatable bonds is 5. The molecule has 0 aliphatic rings. The quantitative estimate of drug-likeness (QED) is 0.412. The minimum Gasteiger partial charge on any atom is -0.310 e. The monoisotopic (exact) mass is 280 g/mol. The molecule has 4 N–H and O–H groups in total. The first-order valence-electron chi connectivity index (χ1n) is 4.55. The first-order valence-corrected chi connectivity index (χ1v) is 6.85. The SMILES string of the molecule is CC(C)NS(=O)(=O)c1cc([N+](=O)[O-])c(NN)s1. The summed E-state index contributed by atoms with van der Waals surface area (Å²) in [6.45, 7) is 3.31. The zero-order valence-corrected chi connectivity index (χ0v) is 10.8. The van der Waals surface area contributed by atoms with Crippen LogP contribution >= 0.6 is 11.3 Å². The van der Waals surface area contributed by atoms with Crippen molar-refractivity contribution in [3.63, 3.8) is 0 Å². The third kappa shape index (κ3) is 3.12. The normalized spacial score (nSPS) is 11.8. The third-order valence-electron chi connectivity index (χ3n) is 1.67. The fourth-order valence-corrected chi connectivity index (χ4v) is 3.60. The summed E-state index contributed by atoms with van der Waals surface area (Å²) in [7, 11) is -3.74. The van der Waals surface area contributed by atoms with Crippen molar-refractivity contribution >= 4 is 32.0 Å². The van der Waals surface area contributed by atoms with Crippen LogP contribution < -0.4 is 16.0 Å². The molecule has 0 saturated carbocycles. The second kappa shape index (κ2) is 4.96. The van der Waals surface area contributed by atoms with Gasteiger partial charge in [0.1, 0.15) is 4.21 Å². The zero-order valence-electron chi connectivity index (χ0n) is 9.13. The van der Waals surface area contributed by atoms with Gasteiger partial charge in [0.25, 0.3) is 10.0 Å². The molecule has 1 rings (SSSR count). The predicted octanol–water partition coefficient (Wildman–Crippen LogP) is 0.629. The summed E-state index contributed by atoms with van der Waals surface area (Å²) < 4.78 is 25.7. The van der Waals surface area contributed by atoms with Crippen molar-refractivity contribution < 1.29 is 13.3 Å². The molecular weight excluding hydrogens is 268 g/mol. The van der Waals surface area contributed by atoms with Crippen molar-refractivity contribution in [1.82, 2.24) is 4.72 Å². The van der Waals surface area contributed by atoms with E-state index in [9.17, 15) is 18.5 Å². The standard InChI is InChI=1S/C7H12N4O4S2/c1-4(2)10-17(14,15)6-3-5(11(12)13)7(9-8)16-6/h3-4,9-10H,8H2,1-2H3. The van der Waals surface area contributed by atoms with Crippen LogP contribution in [0.4, 0.5) is 10.7 Å². The lowest BCUT2D eigenvalue weighted by Gasteiger charge is -2.06. The Morgan fingerprint density at radius 2 is 2.12 bits per heavy atom. The van der Waals surface area contributed by atoms with Crippen LogP contribution in [0.5, 0.6) is 0 Å². The number of nitrogens with one attached hydrogen (secondary N) is 2. The van der Waals surface area contributed by atoms with Crippen molar-refractivity contribution in [2.45, 2.75) is 24.1 Å². The molecule has 1 aromatic heterocycles. The van der Waals surface area contributed by atoms with Gasteiger partial charge in [0, 0.05) is 12.1 Å². The van der Waals surface area contributed by atoms with Crippen LogP contribution in [0, 0.1) is 10.1 Å². The van der Waals surface area contributed by atoms with Gasteiger partial charge in [0.2, 0.25) is 0 Å². The van der Waals surface area contributed by atoms with Gasteiger partial charge in [0.15, 0.2) is 5.00 Å². The number of thiophene rings is 1. The Morgan fingerprint density at radius 1 is 1.53 bits per heavy atom. The Balaban J connectivity index is 3.21. The Bertz CT molecular complexity index is 522. The first kappa shape index (κ1) is 13.8. The van der Waals surface area contributed by atoms with Gasteiger partial charge in [-0.3, -0.25) is 10.1 Å². The molecule has 1 aromatic rings. The van der Waals surface area contributed by atoms with Gasteiger partial charge in [-0.05, 0) is 13.8 Å². The molecule has 0 aliphatic carbocycles. The minimum atomic E-state index is -3.74. The average Bonchev–Trinajstić information content (AvgIpc) is 2.59. The molecule has 0 aliphatic heterocycles. The van der Waals surface area contributed by atoms with Crippen LogP contribution in [-0.2, 0) is 10.0 Å². The maximum atomic E-state index is 11.8. The Labute approximate surface area is 102 Å². The molecule has 96 valence electrons. The predicted molar refractivity (Wildman–Crippen MR) is 64.2 cm³/mol. The van der Waals surface area contributed by atoms with E-state index in [0.29, 0.717) is 11.3 Å². The number of nitro groups is 1. The highest BCUT2D eigenvalue weighted by molar-refractivity contribution is 7.91. The Morgan fingerprint density at radius 3 is 2.47 bits per heavy atom. The van der Waals surface area contributed by atoms with Crippen LogP contribution in [-0.4, -0.2) is 19.4 Å². The minimum absolute atomic E-state index is 0.000805. The Hall–Kier alpha value is -1.23. The van der Waals surface area contributed by atoms with E-state index in [1.165, 1.54) is 0 Å². The molecule has 0 bridgehead atoms. The van der Waals surface area contributed by atoms with Gasteiger partial charge in [0.05, 0.1) is 4.92 Å². The zero-order chi connectivity index (χ0) is 13.2. The summed E-state index contributed by atoms with van der Waals surface area (Å²) in [5.74, 6) is 5.09. The number of sulfonamides is 1. The highest BCUT2D eigenvalue weighted by Gasteiger charge is 2.26. The van der Waals surface area contributed by atoms with Gasteiger partial charge in [-0.15, -0.1) is 0 Å². The van der Waals surface area contributed by atoms with Gasteiger partial charge in [-0.2, -0.15) is 0 Å². The topological polar surface area (TPSA) is 127 Å². The lowest BCUT2D eigenvalue weighted by Crippen LogP contribution is -2.29. The highest BCUT2D eigenvalue weighted by atomic mass is 32.2. The van der Waals surface area contributed by atoms with E-state index in [0.717, 1.165) is 6.07 Å². The molecule has 0 spiro atoms. The van der Waals surface area contributed by atoms with Crippen molar-refractivity contribution in [2.75, 3.05) is 5.43 Å². The second-order valence-corrected chi connectivity index (χ2v) is 6.45. The van der Waals surface area contributed by atoms with Gasteiger partial charge in [-0.1, -0.05) is 11.3 Å². The van der Waals surface area contributed by atoms with Crippen LogP contribution in [0.15, 0.2) is 10.3 Å². The van der Waals surface area contributed by atoms with E-state index in [2.05, 4.69) is 10.1 Å². The smallest absolute Gasteiger partial charge is 0.306 e. The van der Waals surface area contributed by atoms with Gasteiger partial charge < -0.3 is 5.43 Å². The number of nitrogens with zero attached hydrogens (tertiary/aromatic N) is 1. The van der Waals surface area contributed by atoms with E-state index < -0.39 is 14.9 Å². The van der Waals surface area contributed by atoms with Gasteiger partial charge in [-0.25, -0.2) is 19.0 Å². The maximum Gasteiger partial charge on any atom is 0.306 e. The third-order valence-corrected chi connectivity index (χ3v) is 4.86. The van der Waals surface area contributed by atoms with E-state index >= 15 is 0 Å². The first-order chi connectivity index (χ1) is 7.77. The summed E-state index contributed by atoms with van der Waals surface area (Å²) in [4.78, 5) is 9.95. The van der Waals surface area contributed by atoms with E-state index in [-0.39, 0.29) is 20.9 Å². The lowest BCUT2D eigenvalue weighted by molar-refractivity contribution is -0.383. The molecular formula is C7H12N4O4S2. The van der Waals surface area contributed by atoms with Crippen LogP contribution in [0.3, 0.4) is 0 Å². The van der Waals surface area contributed by atoms with Crippen molar-refractivity contribution in [1.29, 1.82) is 0 Å². The molecule has 0 radical (unpaired) electrons. The molecule has 0 unspecified atom stereocenters. The fraction of sp³-hybridized carbons (Fsp3) is 0.429. The largest absolute Gasteiger partial charge is 0.310 e. The summed E-state index contributed by atoms with van der Waals surface area (Å²) in [6.07, 6.45) is 0. The molecule has 0 aromatic carbocycles. The summed E-state index contributed by atoms with van der Waals surface area (Å²) in [6, 6.07) is 0.681. The molecule has 0 saturated heterocycles. The molecule has 0 fully saturated rings. The number of hydrazine groups is 1. The van der Waals surface area contributed by atoms with E-state index in [4.69, 9.17) is 5.84 Å². The molecule has 17 heavy (non-hydrogen) atoms. The van der Waals surface area contributed by atoms with E-state index in [1.807, 2.05) is 0 Å². The number of hydrogen-bond acceptors (Lipinski definition) is 7. The maximum absolute atomic E-state index is 11.8. The summed E-state index contributed by atoms with van der Waals surface area (Å²) in [5, 5.41) is 10.6. The molecule has 8 nitrogen and oxygen atoms in total. The van der Waals surface area contributed by atoms with Crippen LogP contribution in [0.2, 0.25) is 0 Å². The van der Waals surface area contributed by atoms with Crippen molar-refractivity contribution in [3.05, 3.63) is 16.2 Å². The molecule has 1 heterocycles. The number of hydrogen-bond donors (Lipinski definition) is 3. The van der Waals surface area contributed by atoms with Crippen molar-refractivity contribution in [2.24, 2.45) is 5.84 Å². The highest BCUT2D eigenvalue weighted by Crippen LogP contribution is 2.36. The number of nitrogen functional groups attached to an aromatic ring is 1. The molecule has 10 heteroatoms. The van der Waals surface area contributed by atoms with E-state index in [1.54, 1.807) is 13.8 Å². The average molecular weight is 280 g/mol. The van der Waals surface area contributed by atoms with Crippen LogP contribution in [0.1, 0.15) is 13.8 Å². The number of anilines is 1. The summed E-state index contributed by atoms with van der Waals surface area (Å²) in [5.41, 5.74) is 1.75. The Kier molecular flexibility index (Phi) is 4.03. The second-order valence-electron chi connectivity index (χ2n) is 3.46. The van der Waals surface area contributed by atoms with Gasteiger partial charge >= 0.3 is 5.69 Å². The molecule has 0 amide bonds. The summed E-state index contributed by atoms with van der Waals surface area (Å²) >= 11 is 0.709. The fourth-order valence-electron chi connectivity index (χ4n) is 1.10. The van der Waals surface area contributed by atoms with Crippen molar-refractivity contribution in [3.8, 4) is 0 Å². The van der Waals surface area contributed by atoms with Crippen LogP contribution in [0.25, 0.3) is 0 Å².